The van der Waals surface area contributed by atoms with Crippen LogP contribution in [0, 0.1) is 10.9 Å². The molecule has 1 heterocycles. The van der Waals surface area contributed by atoms with Gasteiger partial charge in [-0.2, -0.15) is 4.73 Å². The number of methoxy groups -OCH3 is 1. The summed E-state index contributed by atoms with van der Waals surface area (Å²) in [6.07, 6.45) is 5.53. The second kappa shape index (κ2) is 9.04. The predicted octanol–water partition coefficient (Wildman–Crippen LogP) is 5.83. The normalized spacial score (nSPS) is 10.5. The van der Waals surface area contributed by atoms with Gasteiger partial charge >= 0.3 is 0 Å². The van der Waals surface area contributed by atoms with E-state index in [1.165, 1.54) is 5.57 Å². The van der Waals surface area contributed by atoms with Crippen LogP contribution < -0.4 is 9.57 Å². The Kier molecular flexibility index (Phi) is 7.06. The molecule has 0 aliphatic heterocycles. The molecule has 0 aliphatic carbocycles. The van der Waals surface area contributed by atoms with Crippen molar-refractivity contribution in [1.29, 1.82) is 0 Å². The minimum Gasteiger partial charge on any atom is -0.497 e. The highest BCUT2D eigenvalue weighted by molar-refractivity contribution is 7.73. The van der Waals surface area contributed by atoms with Crippen LogP contribution in [-0.2, 0) is 0 Å². The first kappa shape index (κ1) is 18.7. The highest BCUT2D eigenvalue weighted by Gasteiger charge is 2.12. The zero-order chi connectivity index (χ0) is 17.5. The Balaban J connectivity index is 2.00. The van der Waals surface area contributed by atoms with Crippen molar-refractivity contribution in [2.24, 2.45) is 0 Å². The Morgan fingerprint density at radius 2 is 1.92 bits per heavy atom. The standard InChI is InChI=1S/C19H25NO2S2/c1-14(2)8-6-5-7-13-22-20-15(3)18(24-19(20)23)16-9-11-17(21-4)12-10-16/h8-12H,5-7,13H2,1-4H3. The van der Waals surface area contributed by atoms with Gasteiger partial charge in [0.05, 0.1) is 17.7 Å². The van der Waals surface area contributed by atoms with E-state index in [2.05, 4.69) is 39.0 Å². The maximum atomic E-state index is 5.90. The Morgan fingerprint density at radius 3 is 2.54 bits per heavy atom. The zero-order valence-corrected chi connectivity index (χ0v) is 16.4. The predicted molar refractivity (Wildman–Crippen MR) is 105 cm³/mol. The summed E-state index contributed by atoms with van der Waals surface area (Å²) < 4.78 is 7.76. The van der Waals surface area contributed by atoms with Gasteiger partial charge in [-0.3, -0.25) is 0 Å². The van der Waals surface area contributed by atoms with Gasteiger partial charge in [0.2, 0.25) is 0 Å². The van der Waals surface area contributed by atoms with Crippen LogP contribution in [0.5, 0.6) is 5.75 Å². The van der Waals surface area contributed by atoms with Gasteiger partial charge in [0.25, 0.3) is 0 Å². The average Bonchev–Trinajstić information content (AvgIpc) is 2.85. The Hall–Kier alpha value is -1.59. The molecule has 0 atom stereocenters. The van der Waals surface area contributed by atoms with Crippen molar-refractivity contribution in [3.63, 3.8) is 0 Å². The first-order valence-corrected chi connectivity index (χ1v) is 9.39. The van der Waals surface area contributed by atoms with Gasteiger partial charge in [-0.1, -0.05) is 11.6 Å². The summed E-state index contributed by atoms with van der Waals surface area (Å²) in [7, 11) is 1.67. The van der Waals surface area contributed by atoms with E-state index in [1.54, 1.807) is 23.2 Å². The first-order chi connectivity index (χ1) is 11.5. The number of benzene rings is 1. The van der Waals surface area contributed by atoms with Crippen LogP contribution in [0.1, 0.15) is 38.8 Å². The van der Waals surface area contributed by atoms with Gasteiger partial charge in [0.15, 0.2) is 3.95 Å². The molecule has 0 unspecified atom stereocenters. The van der Waals surface area contributed by atoms with Gasteiger partial charge in [-0.25, -0.2) is 0 Å². The summed E-state index contributed by atoms with van der Waals surface area (Å²) in [4.78, 5) is 7.04. The smallest absolute Gasteiger partial charge is 0.197 e. The molecule has 24 heavy (non-hydrogen) atoms. The molecule has 1 aromatic carbocycles. The molecular weight excluding hydrogens is 338 g/mol. The molecule has 2 rings (SSSR count). The first-order valence-electron chi connectivity index (χ1n) is 8.16. The second-order valence-electron chi connectivity index (χ2n) is 5.92. The fourth-order valence-corrected chi connectivity index (χ4v) is 3.76. The maximum Gasteiger partial charge on any atom is 0.197 e. The molecule has 0 N–H and O–H groups in total. The van der Waals surface area contributed by atoms with Gasteiger partial charge in [-0.15, -0.1) is 11.3 Å². The van der Waals surface area contributed by atoms with E-state index >= 15 is 0 Å². The van der Waals surface area contributed by atoms with Crippen LogP contribution in [0.25, 0.3) is 10.4 Å². The Bertz CT molecular complexity index is 738. The average molecular weight is 364 g/mol. The summed E-state index contributed by atoms with van der Waals surface area (Å²) in [5.74, 6) is 0.854. The number of unbranched alkanes of at least 4 members (excludes halogenated alkanes) is 2. The zero-order valence-electron chi connectivity index (χ0n) is 14.8. The largest absolute Gasteiger partial charge is 0.497 e. The van der Waals surface area contributed by atoms with E-state index in [1.807, 2.05) is 12.1 Å². The quantitative estimate of drug-likeness (QED) is 0.335. The molecule has 0 fully saturated rings. The van der Waals surface area contributed by atoms with E-state index in [4.69, 9.17) is 21.8 Å². The van der Waals surface area contributed by atoms with Gasteiger partial charge in [0, 0.05) is 0 Å². The summed E-state index contributed by atoms with van der Waals surface area (Å²) in [5.41, 5.74) is 3.56. The maximum absolute atomic E-state index is 5.90. The molecule has 0 radical (unpaired) electrons. The molecule has 2 aromatic rings. The fraction of sp³-hybridized carbons (Fsp3) is 0.421. The molecule has 130 valence electrons. The minimum absolute atomic E-state index is 0.685. The lowest BCUT2D eigenvalue weighted by atomic mass is 10.1. The van der Waals surface area contributed by atoms with E-state index in [0.717, 1.165) is 45.1 Å². The van der Waals surface area contributed by atoms with Crippen molar-refractivity contribution in [1.82, 2.24) is 4.73 Å². The van der Waals surface area contributed by atoms with Crippen molar-refractivity contribution < 1.29 is 9.57 Å². The molecular formula is C19H25NO2S2. The van der Waals surface area contributed by atoms with Crippen molar-refractivity contribution in [3.8, 4) is 16.2 Å². The van der Waals surface area contributed by atoms with Crippen LogP contribution in [0.15, 0.2) is 35.9 Å². The molecule has 0 aliphatic rings. The van der Waals surface area contributed by atoms with Gasteiger partial charge < -0.3 is 9.57 Å². The molecule has 5 heteroatoms. The molecule has 0 bridgehead atoms. The van der Waals surface area contributed by atoms with Crippen molar-refractivity contribution in [2.45, 2.75) is 40.0 Å². The third-order valence-electron chi connectivity index (χ3n) is 3.71. The van der Waals surface area contributed by atoms with E-state index in [-0.39, 0.29) is 0 Å². The summed E-state index contributed by atoms with van der Waals surface area (Å²) >= 11 is 7.05. The summed E-state index contributed by atoms with van der Waals surface area (Å²) in [6.45, 7) is 7.00. The van der Waals surface area contributed by atoms with Crippen molar-refractivity contribution in [3.05, 3.63) is 45.6 Å². The minimum atomic E-state index is 0.685. The number of allylic oxidation sites excluding steroid dienone is 2. The SMILES string of the molecule is COc1ccc(-c2sc(=S)n(OCCCCC=C(C)C)c2C)cc1. The van der Waals surface area contributed by atoms with Crippen molar-refractivity contribution in [2.75, 3.05) is 13.7 Å². The third-order valence-corrected chi connectivity index (χ3v) is 5.20. The monoisotopic (exact) mass is 363 g/mol. The number of hydrogen-bond acceptors (Lipinski definition) is 4. The van der Waals surface area contributed by atoms with Crippen LogP contribution >= 0.6 is 23.6 Å². The van der Waals surface area contributed by atoms with Crippen LogP contribution in [0.4, 0.5) is 0 Å². The Morgan fingerprint density at radius 1 is 1.21 bits per heavy atom. The highest BCUT2D eigenvalue weighted by atomic mass is 32.1. The lowest BCUT2D eigenvalue weighted by molar-refractivity contribution is 0.102. The van der Waals surface area contributed by atoms with Crippen LogP contribution in [-0.4, -0.2) is 18.4 Å². The van der Waals surface area contributed by atoms with Crippen LogP contribution in [0.3, 0.4) is 0 Å². The van der Waals surface area contributed by atoms with Crippen molar-refractivity contribution >= 4 is 23.6 Å². The Labute approximate surface area is 153 Å². The fourth-order valence-electron chi connectivity index (χ4n) is 2.38. The molecule has 0 amide bonds. The number of aromatic nitrogens is 1. The van der Waals surface area contributed by atoms with E-state index in [0.29, 0.717) is 6.61 Å². The second-order valence-corrected chi connectivity index (χ2v) is 7.56. The number of hydrogen-bond donors (Lipinski definition) is 0. The number of ether oxygens (including phenoxy) is 1. The molecule has 1 aromatic heterocycles. The van der Waals surface area contributed by atoms with E-state index in [9.17, 15) is 0 Å². The van der Waals surface area contributed by atoms with Crippen LogP contribution in [0.2, 0.25) is 0 Å². The third kappa shape index (κ3) is 4.95. The molecule has 0 saturated heterocycles. The number of rotatable bonds is 8. The molecule has 3 nitrogen and oxygen atoms in total. The van der Waals surface area contributed by atoms with Gasteiger partial charge in [-0.05, 0) is 82.1 Å². The number of nitrogens with zero attached hydrogens (tertiary/aromatic N) is 1. The summed E-state index contributed by atoms with van der Waals surface area (Å²) in [6, 6.07) is 8.03. The van der Waals surface area contributed by atoms with Gasteiger partial charge in [0.1, 0.15) is 12.4 Å². The van der Waals surface area contributed by atoms with E-state index < -0.39 is 0 Å². The number of thiazole rings is 1. The highest BCUT2D eigenvalue weighted by Crippen LogP contribution is 2.31. The lowest BCUT2D eigenvalue weighted by Crippen LogP contribution is -2.14. The summed E-state index contributed by atoms with van der Waals surface area (Å²) in [5, 5.41) is 0. The molecule has 0 spiro atoms. The topological polar surface area (TPSA) is 23.4 Å². The lowest BCUT2D eigenvalue weighted by Gasteiger charge is -2.09. The molecule has 0 saturated carbocycles.